The van der Waals surface area contributed by atoms with E-state index < -0.39 is 0 Å². The Morgan fingerprint density at radius 1 is 0.659 bits per heavy atom. The summed E-state index contributed by atoms with van der Waals surface area (Å²) in [6.07, 6.45) is 16.4. The molecule has 2 aliphatic carbocycles. The molecular formula is C42H36N2. The summed E-state index contributed by atoms with van der Waals surface area (Å²) in [7, 11) is 0. The lowest BCUT2D eigenvalue weighted by molar-refractivity contribution is 0.502. The van der Waals surface area contributed by atoms with Crippen molar-refractivity contribution in [1.29, 1.82) is 0 Å². The topological polar surface area (TPSA) is 17.8 Å². The normalized spacial score (nSPS) is 21.4. The fourth-order valence-electron chi connectivity index (χ4n) is 7.51. The van der Waals surface area contributed by atoms with E-state index in [2.05, 4.69) is 165 Å². The van der Waals surface area contributed by atoms with Crippen LogP contribution in [0.5, 0.6) is 0 Å². The first-order valence-corrected chi connectivity index (χ1v) is 15.8. The third-order valence-corrected chi connectivity index (χ3v) is 9.63. The zero-order valence-corrected chi connectivity index (χ0v) is 25.5. The molecule has 0 spiro atoms. The van der Waals surface area contributed by atoms with Gasteiger partial charge in [0.2, 0.25) is 0 Å². The first kappa shape index (κ1) is 26.7. The number of benzene rings is 5. The number of imidazole rings is 1. The lowest BCUT2D eigenvalue weighted by Crippen LogP contribution is -2.17. The second-order valence-electron chi connectivity index (χ2n) is 12.5. The number of para-hydroxylation sites is 2. The summed E-state index contributed by atoms with van der Waals surface area (Å²) in [5, 5.41) is 5.38. The van der Waals surface area contributed by atoms with Crippen LogP contribution in [0.4, 0.5) is 0 Å². The van der Waals surface area contributed by atoms with E-state index in [4.69, 9.17) is 4.98 Å². The molecule has 0 N–H and O–H groups in total. The highest BCUT2D eigenvalue weighted by molar-refractivity contribution is 6.13. The number of aryl methyl sites for hydroxylation is 1. The quantitative estimate of drug-likeness (QED) is 0.193. The highest BCUT2D eigenvalue weighted by Gasteiger charge is 2.28. The third-order valence-electron chi connectivity index (χ3n) is 9.63. The highest BCUT2D eigenvalue weighted by atomic mass is 15.1. The summed E-state index contributed by atoms with van der Waals surface area (Å²) in [6.45, 7) is 6.90. The van der Waals surface area contributed by atoms with Crippen LogP contribution in [0.25, 0.3) is 49.5 Å². The molecule has 0 radical (unpaired) electrons. The van der Waals surface area contributed by atoms with Crippen LogP contribution in [-0.4, -0.2) is 9.55 Å². The summed E-state index contributed by atoms with van der Waals surface area (Å²) in [4.78, 5) is 5.12. The van der Waals surface area contributed by atoms with Gasteiger partial charge in [0.15, 0.2) is 0 Å². The van der Waals surface area contributed by atoms with Gasteiger partial charge in [-0.1, -0.05) is 147 Å². The molecule has 0 aliphatic heterocycles. The van der Waals surface area contributed by atoms with Gasteiger partial charge in [-0.15, -0.1) is 0 Å². The molecular weight excluding hydrogens is 532 g/mol. The first-order chi connectivity index (χ1) is 21.6. The van der Waals surface area contributed by atoms with Crippen LogP contribution < -0.4 is 0 Å². The Kier molecular flexibility index (Phi) is 6.45. The fraction of sp³-hybridized carbons (Fsp3) is 0.167. The van der Waals surface area contributed by atoms with E-state index in [-0.39, 0.29) is 12.0 Å². The molecule has 5 aromatic carbocycles. The molecule has 2 nitrogen and oxygen atoms in total. The monoisotopic (exact) mass is 568 g/mol. The van der Waals surface area contributed by atoms with Gasteiger partial charge in [0, 0.05) is 11.5 Å². The number of nitrogens with zero attached hydrogens (tertiary/aromatic N) is 2. The molecule has 6 aromatic rings. The van der Waals surface area contributed by atoms with Crippen molar-refractivity contribution in [2.24, 2.45) is 11.8 Å². The van der Waals surface area contributed by atoms with Crippen molar-refractivity contribution < 1.29 is 0 Å². The second-order valence-corrected chi connectivity index (χ2v) is 12.5. The van der Waals surface area contributed by atoms with Crippen molar-refractivity contribution in [2.45, 2.75) is 32.7 Å². The minimum Gasteiger partial charge on any atom is -0.316 e. The number of rotatable bonds is 4. The van der Waals surface area contributed by atoms with Gasteiger partial charge in [-0.25, -0.2) is 4.98 Å². The maximum absolute atomic E-state index is 5.12. The predicted molar refractivity (Wildman–Crippen MR) is 187 cm³/mol. The number of hydrogen-bond acceptors (Lipinski definition) is 1. The molecule has 1 heterocycles. The minimum atomic E-state index is 0.153. The van der Waals surface area contributed by atoms with E-state index in [0.717, 1.165) is 16.9 Å². The van der Waals surface area contributed by atoms with E-state index in [1.165, 1.54) is 49.3 Å². The van der Waals surface area contributed by atoms with Crippen molar-refractivity contribution in [3.05, 3.63) is 156 Å². The molecule has 2 aliphatic rings. The molecule has 1 aromatic heterocycles. The summed E-state index contributed by atoms with van der Waals surface area (Å²) >= 11 is 0. The van der Waals surface area contributed by atoms with Gasteiger partial charge in [-0.3, -0.25) is 0 Å². The van der Waals surface area contributed by atoms with Crippen LogP contribution in [0.2, 0.25) is 0 Å². The molecule has 0 fully saturated rings. The van der Waals surface area contributed by atoms with E-state index in [9.17, 15) is 0 Å². The standard InChI is InChI=1S/C42H36N2/c1-27-21-23-35-36(25-27)40(33-17-9-10-18-34(33)41(35)32-16-8-7-13-28(32)2)31-22-24-38(29(3)26-31)44-39-20-12-11-19-37(39)43-42(44)30-14-5-4-6-15-30/h4-26,28-29,32,38H,1-3H3. The van der Waals surface area contributed by atoms with Crippen LogP contribution in [0, 0.1) is 18.8 Å². The molecule has 0 saturated carbocycles. The zero-order chi connectivity index (χ0) is 29.8. The Hall–Kier alpha value is -4.95. The zero-order valence-electron chi connectivity index (χ0n) is 25.5. The number of fused-ring (bicyclic) bond motifs is 3. The molecule has 44 heavy (non-hydrogen) atoms. The number of aromatic nitrogens is 2. The first-order valence-electron chi connectivity index (χ1n) is 15.8. The van der Waals surface area contributed by atoms with Crippen molar-refractivity contribution in [3.8, 4) is 11.4 Å². The van der Waals surface area contributed by atoms with E-state index in [1.54, 1.807) is 0 Å². The summed E-state index contributed by atoms with van der Waals surface area (Å²) < 4.78 is 2.44. The smallest absolute Gasteiger partial charge is 0.141 e. The Bertz CT molecular complexity index is 2170. The van der Waals surface area contributed by atoms with Gasteiger partial charge in [-0.05, 0) is 69.1 Å². The van der Waals surface area contributed by atoms with Gasteiger partial charge in [0.05, 0.1) is 17.1 Å². The van der Waals surface area contributed by atoms with Crippen LogP contribution >= 0.6 is 0 Å². The number of hydrogen-bond donors (Lipinski definition) is 0. The lowest BCUT2D eigenvalue weighted by atomic mass is 9.77. The summed E-state index contributed by atoms with van der Waals surface area (Å²) in [6, 6.07) is 35.3. The van der Waals surface area contributed by atoms with E-state index >= 15 is 0 Å². The molecule has 0 saturated heterocycles. The SMILES string of the molecule is Cc1ccc2c(C3C=CC=CC3C)c3ccccc3c(C3=CC(C)C(n4c(-c5ccccc5)nc5ccccc54)C=C3)c2c1. The predicted octanol–water partition coefficient (Wildman–Crippen LogP) is 11.0. The largest absolute Gasteiger partial charge is 0.316 e. The third kappa shape index (κ3) is 4.28. The van der Waals surface area contributed by atoms with Gasteiger partial charge in [0.1, 0.15) is 5.82 Å². The second kappa shape index (κ2) is 10.6. The minimum absolute atomic E-state index is 0.153. The van der Waals surface area contributed by atoms with Crippen molar-refractivity contribution in [3.63, 3.8) is 0 Å². The highest BCUT2D eigenvalue weighted by Crippen LogP contribution is 2.46. The summed E-state index contributed by atoms with van der Waals surface area (Å²) in [5.41, 5.74) is 8.71. The van der Waals surface area contributed by atoms with E-state index in [1.807, 2.05) is 0 Å². The molecule has 4 atom stereocenters. The van der Waals surface area contributed by atoms with Gasteiger partial charge in [-0.2, -0.15) is 0 Å². The van der Waals surface area contributed by atoms with Crippen molar-refractivity contribution in [1.82, 2.24) is 9.55 Å². The molecule has 214 valence electrons. The molecule has 0 bridgehead atoms. The van der Waals surface area contributed by atoms with Gasteiger partial charge in [0.25, 0.3) is 0 Å². The van der Waals surface area contributed by atoms with Crippen molar-refractivity contribution in [2.75, 3.05) is 0 Å². The Labute approximate surface area is 259 Å². The maximum Gasteiger partial charge on any atom is 0.141 e. The Balaban J connectivity index is 1.31. The van der Waals surface area contributed by atoms with Crippen LogP contribution in [0.15, 0.2) is 140 Å². The molecule has 8 rings (SSSR count). The van der Waals surface area contributed by atoms with Gasteiger partial charge >= 0.3 is 0 Å². The number of allylic oxidation sites excluding steroid dienone is 8. The molecule has 0 amide bonds. The van der Waals surface area contributed by atoms with E-state index in [0.29, 0.717) is 11.8 Å². The maximum atomic E-state index is 5.12. The van der Waals surface area contributed by atoms with Crippen LogP contribution in [0.3, 0.4) is 0 Å². The fourth-order valence-corrected chi connectivity index (χ4v) is 7.51. The average molecular weight is 569 g/mol. The lowest BCUT2D eigenvalue weighted by Gasteiger charge is -2.29. The van der Waals surface area contributed by atoms with Crippen LogP contribution in [0.1, 0.15) is 42.5 Å². The van der Waals surface area contributed by atoms with Gasteiger partial charge < -0.3 is 4.57 Å². The Morgan fingerprint density at radius 2 is 1.39 bits per heavy atom. The molecule has 4 unspecified atom stereocenters. The van der Waals surface area contributed by atoms with Crippen LogP contribution in [-0.2, 0) is 0 Å². The van der Waals surface area contributed by atoms with Crippen molar-refractivity contribution >= 4 is 38.2 Å². The summed E-state index contributed by atoms with van der Waals surface area (Å²) in [5.74, 6) is 2.07. The Morgan fingerprint density at radius 3 is 2.20 bits per heavy atom. The molecule has 2 heteroatoms. The average Bonchev–Trinajstić information content (AvgIpc) is 3.44.